The Hall–Kier alpha value is -1.13. The van der Waals surface area contributed by atoms with Gasteiger partial charge < -0.3 is 15.0 Å². The van der Waals surface area contributed by atoms with Crippen molar-refractivity contribution in [2.24, 2.45) is 0 Å². The molecule has 19 heavy (non-hydrogen) atoms. The van der Waals surface area contributed by atoms with E-state index in [0.29, 0.717) is 6.04 Å². The van der Waals surface area contributed by atoms with Gasteiger partial charge in [0.25, 0.3) is 0 Å². The molecule has 0 bridgehead atoms. The number of hydrogen-bond donors (Lipinski definition) is 1. The molecule has 2 heterocycles. The lowest BCUT2D eigenvalue weighted by Crippen LogP contribution is -2.35. The fourth-order valence-electron chi connectivity index (χ4n) is 2.11. The van der Waals surface area contributed by atoms with Gasteiger partial charge in [0.1, 0.15) is 5.82 Å². The molecule has 1 aliphatic heterocycles. The van der Waals surface area contributed by atoms with E-state index in [1.54, 1.807) is 0 Å². The Kier molecular flexibility index (Phi) is 4.42. The maximum Gasteiger partial charge on any atom is 0.128 e. The van der Waals surface area contributed by atoms with E-state index in [9.17, 15) is 0 Å². The predicted molar refractivity (Wildman–Crippen MR) is 78.5 cm³/mol. The van der Waals surface area contributed by atoms with Crippen molar-refractivity contribution in [1.82, 2.24) is 10.3 Å². The molecule has 1 N–H and O–H groups in total. The molecule has 4 heteroatoms. The van der Waals surface area contributed by atoms with Crippen molar-refractivity contribution in [2.75, 3.05) is 25.2 Å². The minimum Gasteiger partial charge on any atom is -0.379 e. The maximum atomic E-state index is 5.42. The fourth-order valence-corrected chi connectivity index (χ4v) is 2.11. The second-order valence-corrected chi connectivity index (χ2v) is 6.26. The molecular weight excluding hydrogens is 238 g/mol. The molecule has 1 saturated heterocycles. The third kappa shape index (κ3) is 4.18. The quantitative estimate of drug-likeness (QED) is 0.903. The van der Waals surface area contributed by atoms with Crippen LogP contribution < -0.4 is 10.2 Å². The standard InChI is InChI=1S/C15H25N3O/c1-15(2,3)17-10-12-5-6-14(16-9-12)18(4)13-7-8-19-11-13/h5-6,9,13,17H,7-8,10-11H2,1-4H3. The number of ether oxygens (including phenoxy) is 1. The van der Waals surface area contributed by atoms with Crippen LogP contribution in [0.3, 0.4) is 0 Å². The summed E-state index contributed by atoms with van der Waals surface area (Å²) >= 11 is 0. The molecular formula is C15H25N3O. The van der Waals surface area contributed by atoms with Crippen molar-refractivity contribution < 1.29 is 4.74 Å². The first-order valence-corrected chi connectivity index (χ1v) is 6.96. The largest absolute Gasteiger partial charge is 0.379 e. The van der Waals surface area contributed by atoms with Crippen LogP contribution in [0.4, 0.5) is 5.82 Å². The Morgan fingerprint density at radius 1 is 1.42 bits per heavy atom. The van der Waals surface area contributed by atoms with Crippen molar-refractivity contribution in [3.05, 3.63) is 23.9 Å². The molecule has 0 saturated carbocycles. The topological polar surface area (TPSA) is 37.4 Å². The average Bonchev–Trinajstić information content (AvgIpc) is 2.89. The van der Waals surface area contributed by atoms with Crippen LogP contribution in [0.1, 0.15) is 32.8 Å². The van der Waals surface area contributed by atoms with Gasteiger partial charge in [-0.1, -0.05) is 6.07 Å². The van der Waals surface area contributed by atoms with E-state index >= 15 is 0 Å². The highest BCUT2D eigenvalue weighted by Gasteiger charge is 2.21. The second kappa shape index (κ2) is 5.88. The van der Waals surface area contributed by atoms with Gasteiger partial charge in [-0.2, -0.15) is 0 Å². The van der Waals surface area contributed by atoms with Gasteiger partial charge in [0.15, 0.2) is 0 Å². The van der Waals surface area contributed by atoms with Gasteiger partial charge >= 0.3 is 0 Å². The van der Waals surface area contributed by atoms with Gasteiger partial charge in [-0.3, -0.25) is 0 Å². The summed E-state index contributed by atoms with van der Waals surface area (Å²) in [7, 11) is 2.09. The van der Waals surface area contributed by atoms with Gasteiger partial charge in [0.2, 0.25) is 0 Å². The first kappa shape index (κ1) is 14.3. The number of rotatable bonds is 4. The number of nitrogens with zero attached hydrogens (tertiary/aromatic N) is 2. The Balaban J connectivity index is 1.94. The molecule has 1 aliphatic rings. The van der Waals surface area contributed by atoms with E-state index in [4.69, 9.17) is 4.74 Å². The third-order valence-corrected chi connectivity index (χ3v) is 3.45. The summed E-state index contributed by atoms with van der Waals surface area (Å²) in [5.74, 6) is 1.02. The molecule has 0 amide bonds. The van der Waals surface area contributed by atoms with E-state index in [-0.39, 0.29) is 5.54 Å². The molecule has 0 aromatic carbocycles. The third-order valence-electron chi connectivity index (χ3n) is 3.45. The molecule has 106 valence electrons. The highest BCUT2D eigenvalue weighted by Crippen LogP contribution is 2.18. The van der Waals surface area contributed by atoms with E-state index in [1.165, 1.54) is 5.56 Å². The van der Waals surface area contributed by atoms with Crippen LogP contribution in [0.2, 0.25) is 0 Å². The molecule has 0 radical (unpaired) electrons. The summed E-state index contributed by atoms with van der Waals surface area (Å²) in [4.78, 5) is 6.77. The first-order valence-electron chi connectivity index (χ1n) is 6.96. The fraction of sp³-hybridized carbons (Fsp3) is 0.667. The summed E-state index contributed by atoms with van der Waals surface area (Å²) in [6.07, 6.45) is 3.05. The van der Waals surface area contributed by atoms with Crippen molar-refractivity contribution in [3.63, 3.8) is 0 Å². The smallest absolute Gasteiger partial charge is 0.128 e. The minimum atomic E-state index is 0.136. The Morgan fingerprint density at radius 3 is 2.74 bits per heavy atom. The van der Waals surface area contributed by atoms with E-state index < -0.39 is 0 Å². The lowest BCUT2D eigenvalue weighted by molar-refractivity contribution is 0.193. The van der Waals surface area contributed by atoms with Gasteiger partial charge in [-0.15, -0.1) is 0 Å². The monoisotopic (exact) mass is 263 g/mol. The number of pyridine rings is 1. The van der Waals surface area contributed by atoms with Gasteiger partial charge in [-0.05, 0) is 38.8 Å². The molecule has 2 rings (SSSR count). The highest BCUT2D eigenvalue weighted by molar-refractivity contribution is 5.39. The minimum absolute atomic E-state index is 0.136. The molecule has 4 nitrogen and oxygen atoms in total. The van der Waals surface area contributed by atoms with Crippen molar-refractivity contribution >= 4 is 5.82 Å². The first-order chi connectivity index (χ1) is 8.96. The molecule has 0 spiro atoms. The van der Waals surface area contributed by atoms with E-state index in [2.05, 4.69) is 55.2 Å². The van der Waals surface area contributed by atoms with Gasteiger partial charge in [0, 0.05) is 31.9 Å². The summed E-state index contributed by atoms with van der Waals surface area (Å²) in [5.41, 5.74) is 1.35. The second-order valence-electron chi connectivity index (χ2n) is 6.26. The molecule has 1 fully saturated rings. The Morgan fingerprint density at radius 2 is 2.21 bits per heavy atom. The van der Waals surface area contributed by atoms with Gasteiger partial charge in [0.05, 0.1) is 12.6 Å². The van der Waals surface area contributed by atoms with Gasteiger partial charge in [-0.25, -0.2) is 4.98 Å². The maximum absolute atomic E-state index is 5.42. The molecule has 0 aliphatic carbocycles. The molecule has 1 atom stereocenters. The van der Waals surface area contributed by atoms with Crippen LogP contribution in [0.15, 0.2) is 18.3 Å². The number of nitrogens with one attached hydrogen (secondary N) is 1. The average molecular weight is 263 g/mol. The summed E-state index contributed by atoms with van der Waals surface area (Å²) < 4.78 is 5.42. The van der Waals surface area contributed by atoms with Crippen LogP contribution in [0.25, 0.3) is 0 Å². The summed E-state index contributed by atoms with van der Waals surface area (Å²) in [5, 5.41) is 3.47. The zero-order valence-corrected chi connectivity index (χ0v) is 12.4. The summed E-state index contributed by atoms with van der Waals surface area (Å²) in [6, 6.07) is 4.71. The number of aromatic nitrogens is 1. The van der Waals surface area contributed by atoms with E-state index in [0.717, 1.165) is 32.0 Å². The number of anilines is 1. The van der Waals surface area contributed by atoms with Crippen LogP contribution in [-0.2, 0) is 11.3 Å². The molecule has 1 aromatic rings. The molecule has 1 unspecified atom stereocenters. The Bertz CT molecular complexity index is 391. The number of hydrogen-bond acceptors (Lipinski definition) is 4. The van der Waals surface area contributed by atoms with Crippen molar-refractivity contribution in [2.45, 2.75) is 45.3 Å². The highest BCUT2D eigenvalue weighted by atomic mass is 16.5. The zero-order chi connectivity index (χ0) is 13.9. The zero-order valence-electron chi connectivity index (χ0n) is 12.4. The van der Waals surface area contributed by atoms with Crippen LogP contribution >= 0.6 is 0 Å². The van der Waals surface area contributed by atoms with Crippen molar-refractivity contribution in [1.29, 1.82) is 0 Å². The summed E-state index contributed by atoms with van der Waals surface area (Å²) in [6.45, 7) is 9.04. The lowest BCUT2D eigenvalue weighted by Gasteiger charge is -2.24. The lowest BCUT2D eigenvalue weighted by atomic mass is 10.1. The SMILES string of the molecule is CN(c1ccc(CNC(C)(C)C)cn1)C1CCOC1. The van der Waals surface area contributed by atoms with Crippen LogP contribution in [0.5, 0.6) is 0 Å². The van der Waals surface area contributed by atoms with Crippen molar-refractivity contribution in [3.8, 4) is 0 Å². The molecule has 1 aromatic heterocycles. The number of likely N-dealkylation sites (N-methyl/N-ethyl adjacent to an activating group) is 1. The normalized spacial score (nSPS) is 19.7. The van der Waals surface area contributed by atoms with Crippen LogP contribution in [-0.4, -0.2) is 36.8 Å². The Labute approximate surface area is 116 Å². The van der Waals surface area contributed by atoms with E-state index in [1.807, 2.05) is 6.20 Å². The predicted octanol–water partition coefficient (Wildman–Crippen LogP) is 2.19. The van der Waals surface area contributed by atoms with Crippen LogP contribution in [0, 0.1) is 0 Å².